The third-order valence-corrected chi connectivity index (χ3v) is 7.50. The minimum atomic E-state index is -0.845. The summed E-state index contributed by atoms with van der Waals surface area (Å²) in [6.45, 7) is 6.32. The van der Waals surface area contributed by atoms with Crippen molar-refractivity contribution in [3.63, 3.8) is 0 Å². The molecule has 224 valence electrons. The average Bonchev–Trinajstić information content (AvgIpc) is 3.05. The molecule has 0 saturated heterocycles. The van der Waals surface area contributed by atoms with Crippen LogP contribution >= 0.6 is 0 Å². The molecule has 6 heteroatoms. The number of rotatable bonds is 15. The summed E-state index contributed by atoms with van der Waals surface area (Å²) in [7, 11) is 0. The fraction of sp³-hybridized carbons (Fsp3) is 0.297. The summed E-state index contributed by atoms with van der Waals surface area (Å²) in [4.78, 5) is 28.5. The van der Waals surface area contributed by atoms with Crippen LogP contribution in [-0.4, -0.2) is 53.6 Å². The third kappa shape index (κ3) is 9.11. The number of aliphatic hydroxyl groups is 1. The molecule has 0 aliphatic carbocycles. The number of hydrogen-bond acceptors (Lipinski definition) is 4. The van der Waals surface area contributed by atoms with E-state index in [-0.39, 0.29) is 11.8 Å². The van der Waals surface area contributed by atoms with Crippen LogP contribution in [0.25, 0.3) is 11.1 Å². The minimum Gasteiger partial charge on any atom is -0.390 e. The van der Waals surface area contributed by atoms with E-state index in [1.807, 2.05) is 65.6 Å². The van der Waals surface area contributed by atoms with E-state index >= 15 is 0 Å². The maximum absolute atomic E-state index is 13.5. The molecule has 2 atom stereocenters. The highest BCUT2D eigenvalue weighted by atomic mass is 16.3. The second-order valence-corrected chi connectivity index (χ2v) is 10.9. The van der Waals surface area contributed by atoms with Gasteiger partial charge < -0.3 is 20.6 Å². The van der Waals surface area contributed by atoms with Crippen molar-refractivity contribution in [1.82, 2.24) is 15.5 Å². The molecule has 0 radical (unpaired) electrons. The van der Waals surface area contributed by atoms with Gasteiger partial charge in [0, 0.05) is 37.3 Å². The van der Waals surface area contributed by atoms with Crippen LogP contribution in [0.1, 0.15) is 58.5 Å². The Labute approximate surface area is 255 Å². The van der Waals surface area contributed by atoms with Crippen LogP contribution in [0, 0.1) is 0 Å². The first kappa shape index (κ1) is 31.7. The lowest BCUT2D eigenvalue weighted by atomic mass is 9.99. The second kappa shape index (κ2) is 16.4. The molecule has 6 nitrogen and oxygen atoms in total. The van der Waals surface area contributed by atoms with Gasteiger partial charge in [0.2, 0.25) is 0 Å². The number of benzene rings is 4. The Balaban J connectivity index is 1.46. The van der Waals surface area contributed by atoms with Crippen molar-refractivity contribution >= 4 is 11.8 Å². The number of aliphatic hydroxyl groups excluding tert-OH is 1. The fourth-order valence-corrected chi connectivity index (χ4v) is 5.30. The zero-order valence-electron chi connectivity index (χ0n) is 25.2. The predicted molar refractivity (Wildman–Crippen MR) is 174 cm³/mol. The summed E-state index contributed by atoms with van der Waals surface area (Å²) in [5, 5.41) is 17.8. The van der Waals surface area contributed by atoms with Crippen molar-refractivity contribution in [2.45, 2.75) is 51.8 Å². The molecule has 4 rings (SSSR count). The smallest absolute Gasteiger partial charge is 0.253 e. The molecule has 0 bridgehead atoms. The molecule has 0 saturated carbocycles. The lowest BCUT2D eigenvalue weighted by molar-refractivity contribution is 0.0755. The van der Waals surface area contributed by atoms with Crippen molar-refractivity contribution < 1.29 is 14.7 Å². The number of hydrogen-bond donors (Lipinski definition) is 3. The van der Waals surface area contributed by atoms with Crippen molar-refractivity contribution in [2.24, 2.45) is 0 Å². The third-order valence-electron chi connectivity index (χ3n) is 7.50. The molecule has 4 aromatic rings. The second-order valence-electron chi connectivity index (χ2n) is 10.9. The molecule has 0 aliphatic rings. The van der Waals surface area contributed by atoms with Gasteiger partial charge in [-0.05, 0) is 59.7 Å². The Morgan fingerprint density at radius 3 is 2.09 bits per heavy atom. The molecule has 43 heavy (non-hydrogen) atoms. The summed E-state index contributed by atoms with van der Waals surface area (Å²) >= 11 is 0. The molecule has 0 aliphatic heterocycles. The first-order chi connectivity index (χ1) is 21.0. The van der Waals surface area contributed by atoms with Crippen molar-refractivity contribution in [3.8, 4) is 11.1 Å². The van der Waals surface area contributed by atoms with Gasteiger partial charge in [0.05, 0.1) is 12.1 Å². The van der Waals surface area contributed by atoms with Gasteiger partial charge in [0.15, 0.2) is 0 Å². The quantitative estimate of drug-likeness (QED) is 0.159. The lowest BCUT2D eigenvalue weighted by Gasteiger charge is -2.25. The number of nitrogens with one attached hydrogen (secondary N) is 2. The summed E-state index contributed by atoms with van der Waals surface area (Å²) in [6, 6.07) is 34.6. The predicted octanol–water partition coefficient (Wildman–Crippen LogP) is 6.11. The molecule has 0 spiro atoms. The van der Waals surface area contributed by atoms with Crippen LogP contribution in [0.5, 0.6) is 0 Å². The number of carbonyl (C=O) groups is 2. The van der Waals surface area contributed by atoms with Crippen molar-refractivity contribution in [1.29, 1.82) is 0 Å². The Bertz CT molecular complexity index is 1440. The number of carbonyl (C=O) groups excluding carboxylic acids is 2. The normalized spacial score (nSPS) is 12.3. The molecule has 0 unspecified atom stereocenters. The van der Waals surface area contributed by atoms with Crippen LogP contribution in [-0.2, 0) is 13.0 Å². The highest BCUT2D eigenvalue weighted by molar-refractivity contribution is 5.99. The molecule has 0 fully saturated rings. The van der Waals surface area contributed by atoms with Crippen LogP contribution in [0.2, 0.25) is 0 Å². The standard InChI is InChI=1S/C37H43N3O3/c1-3-22-40(23-4-2)37(43)31-20-13-19-30(25-31)36(42)39-34(24-28-14-7-5-8-15-28)35(41)27-38-26-32-18-11-12-21-33(32)29-16-9-6-10-17-29/h5-21,25,34-35,38,41H,3-4,22-24,26-27H2,1-2H3,(H,39,42)/t34-,35+/m0/s1. The Morgan fingerprint density at radius 1 is 0.767 bits per heavy atom. The number of nitrogens with zero attached hydrogens (tertiary/aromatic N) is 1. The van der Waals surface area contributed by atoms with Gasteiger partial charge in [-0.25, -0.2) is 0 Å². The molecular formula is C37H43N3O3. The van der Waals surface area contributed by atoms with Gasteiger partial charge in [-0.1, -0.05) is 105 Å². The van der Waals surface area contributed by atoms with E-state index in [1.165, 1.54) is 0 Å². The molecule has 3 N–H and O–H groups in total. The first-order valence-corrected chi connectivity index (χ1v) is 15.3. The van der Waals surface area contributed by atoms with Crippen LogP contribution in [0.3, 0.4) is 0 Å². The highest BCUT2D eigenvalue weighted by Gasteiger charge is 2.23. The van der Waals surface area contributed by atoms with E-state index in [0.29, 0.717) is 43.7 Å². The largest absolute Gasteiger partial charge is 0.390 e. The summed E-state index contributed by atoms with van der Waals surface area (Å²) in [5.41, 5.74) is 5.32. The maximum atomic E-state index is 13.5. The van der Waals surface area contributed by atoms with Gasteiger partial charge in [-0.15, -0.1) is 0 Å². The van der Waals surface area contributed by atoms with Crippen molar-refractivity contribution in [2.75, 3.05) is 19.6 Å². The molecule has 0 aromatic heterocycles. The average molecular weight is 578 g/mol. The highest BCUT2D eigenvalue weighted by Crippen LogP contribution is 2.23. The van der Waals surface area contributed by atoms with E-state index in [9.17, 15) is 14.7 Å². The Hall–Kier alpha value is -4.26. The van der Waals surface area contributed by atoms with Gasteiger partial charge in [0.1, 0.15) is 0 Å². The first-order valence-electron chi connectivity index (χ1n) is 15.3. The monoisotopic (exact) mass is 577 g/mol. The van der Waals surface area contributed by atoms with E-state index in [2.05, 4.69) is 48.7 Å². The lowest BCUT2D eigenvalue weighted by Crippen LogP contribution is -2.48. The maximum Gasteiger partial charge on any atom is 0.253 e. The zero-order valence-corrected chi connectivity index (χ0v) is 25.2. The summed E-state index contributed by atoms with van der Waals surface area (Å²) in [5.74, 6) is -0.388. The summed E-state index contributed by atoms with van der Waals surface area (Å²) in [6.07, 6.45) is 1.37. The topological polar surface area (TPSA) is 81.7 Å². The molecular weight excluding hydrogens is 534 g/mol. The zero-order chi connectivity index (χ0) is 30.4. The van der Waals surface area contributed by atoms with E-state index in [1.54, 1.807) is 24.3 Å². The van der Waals surface area contributed by atoms with Gasteiger partial charge >= 0.3 is 0 Å². The Morgan fingerprint density at radius 2 is 1.40 bits per heavy atom. The van der Waals surface area contributed by atoms with E-state index in [4.69, 9.17) is 0 Å². The Kier molecular flexibility index (Phi) is 12.1. The summed E-state index contributed by atoms with van der Waals surface area (Å²) < 4.78 is 0. The van der Waals surface area contributed by atoms with Gasteiger partial charge in [-0.3, -0.25) is 9.59 Å². The SMILES string of the molecule is CCCN(CCC)C(=O)c1cccc(C(=O)N[C@@H](Cc2ccccc2)[C@H](O)CNCc2ccccc2-c2ccccc2)c1. The van der Waals surface area contributed by atoms with E-state index in [0.717, 1.165) is 35.1 Å². The fourth-order valence-electron chi connectivity index (χ4n) is 5.30. The molecule has 0 heterocycles. The van der Waals surface area contributed by atoms with E-state index < -0.39 is 12.1 Å². The minimum absolute atomic E-state index is 0.0702. The van der Waals surface area contributed by atoms with Gasteiger partial charge in [-0.2, -0.15) is 0 Å². The van der Waals surface area contributed by atoms with Crippen LogP contribution < -0.4 is 10.6 Å². The molecule has 2 amide bonds. The van der Waals surface area contributed by atoms with Crippen molar-refractivity contribution in [3.05, 3.63) is 131 Å². The van der Waals surface area contributed by atoms with Gasteiger partial charge in [0.25, 0.3) is 11.8 Å². The molecule has 4 aromatic carbocycles. The number of amides is 2. The van der Waals surface area contributed by atoms with Crippen LogP contribution in [0.4, 0.5) is 0 Å². The van der Waals surface area contributed by atoms with Crippen LogP contribution in [0.15, 0.2) is 109 Å².